The predicted octanol–water partition coefficient (Wildman–Crippen LogP) is 1.19. The normalized spacial score (nSPS) is 23.0. The molecule has 1 saturated heterocycles. The summed E-state index contributed by atoms with van der Waals surface area (Å²) >= 11 is 0. The van der Waals surface area contributed by atoms with Crippen molar-refractivity contribution < 1.29 is 9.53 Å². The second-order valence-electron chi connectivity index (χ2n) is 5.29. The van der Waals surface area contributed by atoms with Crippen LogP contribution in [0.1, 0.15) is 28.4 Å². The summed E-state index contributed by atoms with van der Waals surface area (Å²) in [5.74, 6) is 0.162. The van der Waals surface area contributed by atoms with Crippen molar-refractivity contribution in [2.45, 2.75) is 25.9 Å². The fourth-order valence-corrected chi connectivity index (χ4v) is 2.92. The zero-order valence-corrected chi connectivity index (χ0v) is 11.3. The molecule has 0 aliphatic carbocycles. The number of hydrogen-bond acceptors (Lipinski definition) is 3. The maximum atomic E-state index is 12.7. The zero-order chi connectivity index (χ0) is 13.2. The van der Waals surface area contributed by atoms with Gasteiger partial charge in [0.1, 0.15) is 0 Å². The van der Waals surface area contributed by atoms with Crippen LogP contribution in [0.3, 0.4) is 0 Å². The Balaban J connectivity index is 1.91. The molecule has 2 aliphatic heterocycles. The van der Waals surface area contributed by atoms with E-state index < -0.39 is 0 Å². The van der Waals surface area contributed by atoms with Gasteiger partial charge in [0.15, 0.2) is 0 Å². The minimum atomic E-state index is 0.162. The molecule has 1 fully saturated rings. The molecule has 4 nitrogen and oxygen atoms in total. The molecule has 0 bridgehead atoms. The number of hydrogen-bond donors (Lipinski definition) is 1. The van der Waals surface area contributed by atoms with E-state index in [0.29, 0.717) is 19.8 Å². The Morgan fingerprint density at radius 1 is 1.47 bits per heavy atom. The van der Waals surface area contributed by atoms with Gasteiger partial charge < -0.3 is 15.0 Å². The Morgan fingerprint density at radius 2 is 2.37 bits per heavy atom. The first kappa shape index (κ1) is 12.6. The molecule has 2 heterocycles. The average molecular weight is 260 g/mol. The molecule has 4 heteroatoms. The molecular weight excluding hydrogens is 240 g/mol. The first-order valence-electron chi connectivity index (χ1n) is 6.97. The van der Waals surface area contributed by atoms with Gasteiger partial charge in [-0.05, 0) is 37.1 Å². The number of carbonyl (C=O) groups excluding carboxylic acids is 1. The van der Waals surface area contributed by atoms with Crippen molar-refractivity contribution in [3.63, 3.8) is 0 Å². The fourth-order valence-electron chi connectivity index (χ4n) is 2.92. The van der Waals surface area contributed by atoms with Gasteiger partial charge in [0.25, 0.3) is 5.91 Å². The van der Waals surface area contributed by atoms with E-state index in [1.807, 2.05) is 24.0 Å². The van der Waals surface area contributed by atoms with E-state index in [1.165, 1.54) is 11.1 Å². The number of rotatable bonds is 1. The van der Waals surface area contributed by atoms with Crippen LogP contribution >= 0.6 is 0 Å². The van der Waals surface area contributed by atoms with Crippen LogP contribution in [-0.4, -0.2) is 43.2 Å². The number of amides is 1. The number of morpholine rings is 1. The van der Waals surface area contributed by atoms with E-state index in [9.17, 15) is 4.79 Å². The third-order valence-electron chi connectivity index (χ3n) is 4.00. The van der Waals surface area contributed by atoms with Crippen LogP contribution in [0, 0.1) is 0 Å². The Bertz CT molecular complexity index is 487. The summed E-state index contributed by atoms with van der Waals surface area (Å²) in [6.45, 7) is 5.86. The summed E-state index contributed by atoms with van der Waals surface area (Å²) in [5, 5.41) is 3.35. The highest BCUT2D eigenvalue weighted by Gasteiger charge is 2.27. The van der Waals surface area contributed by atoms with Crippen LogP contribution in [-0.2, 0) is 17.7 Å². The molecule has 19 heavy (non-hydrogen) atoms. The quantitative estimate of drug-likeness (QED) is 0.825. The minimum Gasteiger partial charge on any atom is -0.377 e. The molecule has 1 aromatic rings. The number of nitrogens with zero attached hydrogens (tertiary/aromatic N) is 1. The summed E-state index contributed by atoms with van der Waals surface area (Å²) in [6.07, 6.45) is 0.940. The number of carbonyl (C=O) groups is 1. The molecule has 102 valence electrons. The molecule has 1 atom stereocenters. The molecule has 1 aromatic carbocycles. The topological polar surface area (TPSA) is 41.6 Å². The highest BCUT2D eigenvalue weighted by molar-refractivity contribution is 5.96. The monoisotopic (exact) mass is 260 g/mol. The number of benzene rings is 1. The second-order valence-corrected chi connectivity index (χ2v) is 5.29. The Morgan fingerprint density at radius 3 is 3.21 bits per heavy atom. The average Bonchev–Trinajstić information content (AvgIpc) is 2.46. The van der Waals surface area contributed by atoms with Crippen molar-refractivity contribution in [3.8, 4) is 0 Å². The van der Waals surface area contributed by atoms with Crippen LogP contribution in [0.4, 0.5) is 0 Å². The lowest BCUT2D eigenvalue weighted by molar-refractivity contribution is 0.00352. The van der Waals surface area contributed by atoms with Crippen molar-refractivity contribution in [3.05, 3.63) is 34.9 Å². The van der Waals surface area contributed by atoms with Crippen LogP contribution in [0.5, 0.6) is 0 Å². The van der Waals surface area contributed by atoms with Gasteiger partial charge in [-0.3, -0.25) is 4.79 Å². The van der Waals surface area contributed by atoms with Crippen LogP contribution in [0.25, 0.3) is 0 Å². The van der Waals surface area contributed by atoms with Crippen molar-refractivity contribution in [1.29, 1.82) is 0 Å². The molecule has 0 radical (unpaired) electrons. The molecule has 1 amide bonds. The van der Waals surface area contributed by atoms with Crippen LogP contribution < -0.4 is 5.32 Å². The predicted molar refractivity (Wildman–Crippen MR) is 73.2 cm³/mol. The van der Waals surface area contributed by atoms with Gasteiger partial charge in [-0.25, -0.2) is 0 Å². The molecule has 0 aromatic heterocycles. The van der Waals surface area contributed by atoms with Crippen LogP contribution in [0.2, 0.25) is 0 Å². The molecule has 3 rings (SSSR count). The van der Waals surface area contributed by atoms with Gasteiger partial charge in [-0.1, -0.05) is 12.1 Å². The maximum Gasteiger partial charge on any atom is 0.254 e. The summed E-state index contributed by atoms with van der Waals surface area (Å²) < 4.78 is 5.41. The van der Waals surface area contributed by atoms with Crippen molar-refractivity contribution >= 4 is 5.91 Å². The molecule has 1 N–H and O–H groups in total. The van der Waals surface area contributed by atoms with Gasteiger partial charge in [0.2, 0.25) is 0 Å². The van der Waals surface area contributed by atoms with Gasteiger partial charge in [-0.15, -0.1) is 0 Å². The smallest absolute Gasteiger partial charge is 0.254 e. The molecule has 0 saturated carbocycles. The SMILES string of the molecule is C[C@@H]1COCCN1C(=O)c1cccc2c1CCNC2. The summed E-state index contributed by atoms with van der Waals surface area (Å²) in [5.41, 5.74) is 3.37. The third kappa shape index (κ3) is 2.38. The minimum absolute atomic E-state index is 0.162. The largest absolute Gasteiger partial charge is 0.377 e. The van der Waals surface area contributed by atoms with Crippen molar-refractivity contribution in [1.82, 2.24) is 10.2 Å². The summed E-state index contributed by atoms with van der Waals surface area (Å²) in [6, 6.07) is 6.23. The van der Waals surface area contributed by atoms with Crippen molar-refractivity contribution in [2.75, 3.05) is 26.3 Å². The van der Waals surface area contributed by atoms with Gasteiger partial charge in [0, 0.05) is 18.7 Å². The van der Waals surface area contributed by atoms with Gasteiger partial charge in [0.05, 0.1) is 19.3 Å². The van der Waals surface area contributed by atoms with Crippen LogP contribution in [0.15, 0.2) is 18.2 Å². The second kappa shape index (κ2) is 5.31. The first-order chi connectivity index (χ1) is 9.27. The van der Waals surface area contributed by atoms with E-state index >= 15 is 0 Å². The zero-order valence-electron chi connectivity index (χ0n) is 11.3. The number of fused-ring (bicyclic) bond motifs is 1. The highest BCUT2D eigenvalue weighted by atomic mass is 16.5. The Kier molecular flexibility index (Phi) is 3.53. The number of ether oxygens (including phenoxy) is 1. The molecule has 2 aliphatic rings. The van der Waals surface area contributed by atoms with E-state index in [2.05, 4.69) is 11.4 Å². The lowest BCUT2D eigenvalue weighted by Crippen LogP contribution is -2.47. The van der Waals surface area contributed by atoms with Crippen molar-refractivity contribution in [2.24, 2.45) is 0 Å². The lowest BCUT2D eigenvalue weighted by Gasteiger charge is -2.34. The first-order valence-corrected chi connectivity index (χ1v) is 6.97. The molecule has 0 spiro atoms. The highest BCUT2D eigenvalue weighted by Crippen LogP contribution is 2.21. The van der Waals surface area contributed by atoms with Gasteiger partial charge in [-0.2, -0.15) is 0 Å². The van der Waals surface area contributed by atoms with E-state index in [1.54, 1.807) is 0 Å². The number of nitrogens with one attached hydrogen (secondary N) is 1. The van der Waals surface area contributed by atoms with E-state index in [0.717, 1.165) is 25.1 Å². The van der Waals surface area contributed by atoms with Gasteiger partial charge >= 0.3 is 0 Å². The fraction of sp³-hybridized carbons (Fsp3) is 0.533. The molecule has 0 unspecified atom stereocenters. The summed E-state index contributed by atoms with van der Waals surface area (Å²) in [4.78, 5) is 14.7. The van der Waals surface area contributed by atoms with E-state index in [4.69, 9.17) is 4.74 Å². The standard InChI is InChI=1S/C15H20N2O2/c1-11-10-19-8-7-17(11)15(18)14-4-2-3-12-9-16-6-5-13(12)14/h2-4,11,16H,5-10H2,1H3/t11-/m1/s1. The Hall–Kier alpha value is -1.39. The summed E-state index contributed by atoms with van der Waals surface area (Å²) in [7, 11) is 0. The third-order valence-corrected chi connectivity index (χ3v) is 4.00. The lowest BCUT2D eigenvalue weighted by atomic mass is 9.94. The maximum absolute atomic E-state index is 12.7. The van der Waals surface area contributed by atoms with E-state index in [-0.39, 0.29) is 11.9 Å². The Labute approximate surface area is 113 Å². The molecular formula is C15H20N2O2.